The Labute approximate surface area is 170 Å². The molecule has 0 aromatic rings. The van der Waals surface area contributed by atoms with Gasteiger partial charge in [-0.1, -0.05) is 20.3 Å². The van der Waals surface area contributed by atoms with E-state index in [9.17, 15) is 19.2 Å². The molecule has 9 nitrogen and oxygen atoms in total. The lowest BCUT2D eigenvalue weighted by Gasteiger charge is -2.34. The summed E-state index contributed by atoms with van der Waals surface area (Å²) < 4.78 is 25.8. The normalized spacial score (nSPS) is 21.4. The number of hydrogen-bond donors (Lipinski definition) is 0. The molecular formula is C20H30O9. The molecule has 0 amide bonds. The number of unbranched alkanes of at least 4 members (excludes halogenated alkanes) is 1. The largest absolute Gasteiger partial charge is 0.466 e. The van der Waals surface area contributed by atoms with Gasteiger partial charge in [0.25, 0.3) is 0 Å². The van der Waals surface area contributed by atoms with Crippen LogP contribution in [0.4, 0.5) is 0 Å². The van der Waals surface area contributed by atoms with E-state index >= 15 is 0 Å². The molecule has 1 heterocycles. The summed E-state index contributed by atoms with van der Waals surface area (Å²) in [7, 11) is 1.19. The summed E-state index contributed by atoms with van der Waals surface area (Å²) >= 11 is 0. The van der Waals surface area contributed by atoms with Crippen LogP contribution in [0.1, 0.15) is 52.4 Å². The number of carbonyl (C=O) groups excluding carboxylic acids is 4. The lowest BCUT2D eigenvalue weighted by Crippen LogP contribution is -2.44. The van der Waals surface area contributed by atoms with E-state index in [1.807, 2.05) is 13.8 Å². The minimum Gasteiger partial charge on any atom is -0.466 e. The van der Waals surface area contributed by atoms with Crippen molar-refractivity contribution in [1.29, 1.82) is 0 Å². The molecule has 1 saturated heterocycles. The molecular weight excluding hydrogens is 384 g/mol. The van der Waals surface area contributed by atoms with E-state index in [2.05, 4.69) is 4.74 Å². The van der Waals surface area contributed by atoms with Crippen LogP contribution in [0.2, 0.25) is 0 Å². The maximum absolute atomic E-state index is 12.0. The molecule has 1 aliphatic heterocycles. The number of carbonyl (C=O) groups is 4. The highest BCUT2D eigenvalue weighted by Gasteiger charge is 2.36. The third-order valence-electron chi connectivity index (χ3n) is 4.20. The van der Waals surface area contributed by atoms with Crippen LogP contribution in [0, 0.1) is 5.92 Å². The van der Waals surface area contributed by atoms with Crippen LogP contribution in [-0.4, -0.2) is 56.6 Å². The Morgan fingerprint density at radius 1 is 0.966 bits per heavy atom. The summed E-state index contributed by atoms with van der Waals surface area (Å²) in [6.07, 6.45) is 3.38. The monoisotopic (exact) mass is 414 g/mol. The van der Waals surface area contributed by atoms with Crippen molar-refractivity contribution in [1.82, 2.24) is 0 Å². The molecule has 0 aromatic carbocycles. The van der Waals surface area contributed by atoms with Crippen LogP contribution < -0.4 is 0 Å². The van der Waals surface area contributed by atoms with Crippen LogP contribution in [-0.2, 0) is 42.9 Å². The van der Waals surface area contributed by atoms with E-state index in [0.29, 0.717) is 19.3 Å². The van der Waals surface area contributed by atoms with Crippen molar-refractivity contribution in [3.63, 3.8) is 0 Å². The summed E-state index contributed by atoms with van der Waals surface area (Å²) in [6.45, 7) is 3.87. The van der Waals surface area contributed by atoms with Gasteiger partial charge in [-0.3, -0.25) is 9.59 Å². The number of esters is 4. The topological polar surface area (TPSA) is 114 Å². The van der Waals surface area contributed by atoms with Crippen molar-refractivity contribution < 1.29 is 42.9 Å². The highest BCUT2D eigenvalue weighted by molar-refractivity contribution is 5.91. The minimum atomic E-state index is -0.912. The molecule has 164 valence electrons. The predicted octanol–water partition coefficient (Wildman–Crippen LogP) is 2.07. The van der Waals surface area contributed by atoms with Crippen molar-refractivity contribution in [2.75, 3.05) is 20.3 Å². The van der Waals surface area contributed by atoms with Gasteiger partial charge in [0.2, 0.25) is 6.29 Å². The van der Waals surface area contributed by atoms with Gasteiger partial charge in [-0.05, 0) is 12.8 Å². The van der Waals surface area contributed by atoms with Crippen molar-refractivity contribution in [2.45, 2.75) is 64.8 Å². The first-order valence-electron chi connectivity index (χ1n) is 9.82. The van der Waals surface area contributed by atoms with E-state index in [0.717, 1.165) is 25.0 Å². The van der Waals surface area contributed by atoms with Gasteiger partial charge in [0.1, 0.15) is 6.10 Å². The van der Waals surface area contributed by atoms with Crippen LogP contribution in [0.3, 0.4) is 0 Å². The van der Waals surface area contributed by atoms with Gasteiger partial charge in [0.05, 0.1) is 20.3 Å². The summed E-state index contributed by atoms with van der Waals surface area (Å²) in [5, 5.41) is 0. The minimum absolute atomic E-state index is 0.00647. The zero-order valence-corrected chi connectivity index (χ0v) is 17.2. The van der Waals surface area contributed by atoms with Crippen LogP contribution in [0.15, 0.2) is 12.2 Å². The molecule has 1 unspecified atom stereocenters. The fourth-order valence-electron chi connectivity index (χ4n) is 2.59. The molecule has 1 fully saturated rings. The standard InChI is InChI=1S/C20H30O9/c1-4-6-8-18(23)28-15-13-27-20(29-19(24)10-9-16(21)25-3)11-14(15)12-26-17(22)7-5-2/h9-10,14-15,20H,4-8,11-13H2,1-3H3/b10-9+/t14?,15-,20-/m1/s1. The molecule has 0 N–H and O–H groups in total. The van der Waals surface area contributed by atoms with Crippen molar-refractivity contribution >= 4 is 23.9 Å². The van der Waals surface area contributed by atoms with Gasteiger partial charge in [-0.2, -0.15) is 0 Å². The molecule has 0 bridgehead atoms. The summed E-state index contributed by atoms with van der Waals surface area (Å²) in [6, 6.07) is 0. The number of rotatable bonds is 11. The molecule has 0 spiro atoms. The second kappa shape index (κ2) is 13.7. The third-order valence-corrected chi connectivity index (χ3v) is 4.20. The molecule has 1 aliphatic rings. The first kappa shape index (κ1) is 24.6. The molecule has 9 heteroatoms. The average Bonchev–Trinajstić information content (AvgIpc) is 2.70. The van der Waals surface area contributed by atoms with Gasteiger partial charge in [0.15, 0.2) is 0 Å². The SMILES string of the molecule is CCCCC(=O)O[C@@H]1CO[C@H](OC(=O)/C=C/C(=O)OC)CC1COC(=O)CCC. The van der Waals surface area contributed by atoms with Gasteiger partial charge in [-0.25, -0.2) is 9.59 Å². The second-order valence-corrected chi connectivity index (χ2v) is 6.62. The number of ether oxygens (including phenoxy) is 5. The van der Waals surface area contributed by atoms with Crippen molar-refractivity contribution in [3.05, 3.63) is 12.2 Å². The van der Waals surface area contributed by atoms with Gasteiger partial charge < -0.3 is 23.7 Å². The van der Waals surface area contributed by atoms with E-state index < -0.39 is 24.3 Å². The average molecular weight is 414 g/mol. The first-order chi connectivity index (χ1) is 13.9. The summed E-state index contributed by atoms with van der Waals surface area (Å²) in [5.41, 5.74) is 0. The lowest BCUT2D eigenvalue weighted by molar-refractivity contribution is -0.217. The number of hydrogen-bond acceptors (Lipinski definition) is 9. The number of methoxy groups -OCH3 is 1. The van der Waals surface area contributed by atoms with Gasteiger partial charge in [-0.15, -0.1) is 0 Å². The Hall–Kier alpha value is -2.42. The van der Waals surface area contributed by atoms with Gasteiger partial charge >= 0.3 is 23.9 Å². The molecule has 29 heavy (non-hydrogen) atoms. The molecule has 1 rings (SSSR count). The van der Waals surface area contributed by atoms with E-state index in [1.54, 1.807) is 0 Å². The molecule has 3 atom stereocenters. The van der Waals surface area contributed by atoms with Gasteiger partial charge in [0, 0.05) is 37.3 Å². The molecule has 0 radical (unpaired) electrons. The highest BCUT2D eigenvalue weighted by Crippen LogP contribution is 2.25. The van der Waals surface area contributed by atoms with Crippen LogP contribution in [0.25, 0.3) is 0 Å². The summed E-state index contributed by atoms with van der Waals surface area (Å²) in [4.78, 5) is 46.5. The molecule has 0 aromatic heterocycles. The van der Waals surface area contributed by atoms with Crippen molar-refractivity contribution in [3.8, 4) is 0 Å². The summed E-state index contributed by atoms with van der Waals surface area (Å²) in [5.74, 6) is -2.53. The zero-order valence-electron chi connectivity index (χ0n) is 17.2. The third kappa shape index (κ3) is 10.1. The molecule has 0 aliphatic carbocycles. The smallest absolute Gasteiger partial charge is 0.333 e. The maximum atomic E-state index is 12.0. The maximum Gasteiger partial charge on any atom is 0.333 e. The Balaban J connectivity index is 2.67. The Bertz CT molecular complexity index is 585. The molecule has 0 saturated carbocycles. The van der Waals surface area contributed by atoms with Crippen molar-refractivity contribution in [2.24, 2.45) is 5.92 Å². The zero-order chi connectivity index (χ0) is 21.6. The van der Waals surface area contributed by atoms with E-state index in [4.69, 9.17) is 18.9 Å². The second-order valence-electron chi connectivity index (χ2n) is 6.62. The Morgan fingerprint density at radius 2 is 1.69 bits per heavy atom. The highest BCUT2D eigenvalue weighted by atomic mass is 16.7. The van der Waals surface area contributed by atoms with Crippen LogP contribution >= 0.6 is 0 Å². The quantitative estimate of drug-likeness (QED) is 0.285. The van der Waals surface area contributed by atoms with E-state index in [1.165, 1.54) is 7.11 Å². The lowest BCUT2D eigenvalue weighted by atomic mass is 9.97. The van der Waals surface area contributed by atoms with E-state index in [-0.39, 0.29) is 37.5 Å². The Kier molecular flexibility index (Phi) is 11.6. The van der Waals surface area contributed by atoms with Crippen LogP contribution in [0.5, 0.6) is 0 Å². The Morgan fingerprint density at radius 3 is 2.34 bits per heavy atom. The first-order valence-corrected chi connectivity index (χ1v) is 9.82. The fraction of sp³-hybridized carbons (Fsp3) is 0.700. The fourth-order valence-corrected chi connectivity index (χ4v) is 2.59. The predicted molar refractivity (Wildman–Crippen MR) is 100 cm³/mol.